The smallest absolute Gasteiger partial charge is 0.434 e. The molecule has 0 fully saturated rings. The highest BCUT2D eigenvalue weighted by Gasteiger charge is 2.10. The molecule has 0 rings (SSSR count). The molecular formula is C4H9N2O3+. The summed E-state index contributed by atoms with van der Waals surface area (Å²) in [4.78, 5) is 19.6. The third kappa shape index (κ3) is 3.63. The maximum absolute atomic E-state index is 9.93. The van der Waals surface area contributed by atoms with Gasteiger partial charge in [-0.2, -0.15) is 15.6 Å². The van der Waals surface area contributed by atoms with E-state index in [1.54, 1.807) is 0 Å². The van der Waals surface area contributed by atoms with Gasteiger partial charge >= 0.3 is 6.09 Å². The Morgan fingerprint density at radius 2 is 2.33 bits per heavy atom. The van der Waals surface area contributed by atoms with Crippen molar-refractivity contribution >= 4 is 12.4 Å². The zero-order chi connectivity index (χ0) is 7.28. The standard InChI is InChI=1S/C4H8N2O3/c5-6(4(8)9)2-1-3-7/h3H,1-2,5H2,(H,8,9)/p+1. The van der Waals surface area contributed by atoms with E-state index in [-0.39, 0.29) is 18.0 Å². The molecule has 0 aromatic rings. The Labute approximate surface area is 52.0 Å². The van der Waals surface area contributed by atoms with E-state index in [2.05, 4.69) is 0 Å². The van der Waals surface area contributed by atoms with Gasteiger partial charge in [0.05, 0.1) is 6.42 Å². The van der Waals surface area contributed by atoms with Gasteiger partial charge in [-0.1, -0.05) is 0 Å². The van der Waals surface area contributed by atoms with Gasteiger partial charge in [0.1, 0.15) is 12.8 Å². The molecule has 5 nitrogen and oxygen atoms in total. The molecule has 4 N–H and O–H groups in total. The predicted molar refractivity (Wildman–Crippen MR) is 28.7 cm³/mol. The first-order valence-electron chi connectivity index (χ1n) is 2.46. The minimum atomic E-state index is -1.14. The number of carboxylic acid groups (broad SMARTS) is 1. The van der Waals surface area contributed by atoms with Crippen LogP contribution in [0.5, 0.6) is 0 Å². The predicted octanol–water partition coefficient (Wildman–Crippen LogP) is -1.99. The van der Waals surface area contributed by atoms with E-state index in [0.29, 0.717) is 6.29 Å². The second kappa shape index (κ2) is 3.99. The summed E-state index contributed by atoms with van der Waals surface area (Å²) < 4.78 is 0. The topological polar surface area (TPSA) is 84.8 Å². The Balaban J connectivity index is 3.37. The van der Waals surface area contributed by atoms with Gasteiger partial charge < -0.3 is 9.90 Å². The Morgan fingerprint density at radius 1 is 1.78 bits per heavy atom. The summed E-state index contributed by atoms with van der Waals surface area (Å²) in [7, 11) is 0. The minimum absolute atomic E-state index is 0.138. The quantitative estimate of drug-likeness (QED) is 0.180. The van der Waals surface area contributed by atoms with Crippen LogP contribution in [0, 0.1) is 0 Å². The van der Waals surface area contributed by atoms with E-state index in [9.17, 15) is 9.59 Å². The number of nitrogens with one attached hydrogen (secondary N) is 1. The fourth-order valence-corrected chi connectivity index (χ4v) is 0.321. The van der Waals surface area contributed by atoms with Crippen LogP contribution >= 0.6 is 0 Å². The Hall–Kier alpha value is -0.940. The number of hydrogen-bond acceptors (Lipinski definition) is 3. The van der Waals surface area contributed by atoms with E-state index in [1.165, 1.54) is 0 Å². The van der Waals surface area contributed by atoms with Crippen LogP contribution in [0.1, 0.15) is 6.42 Å². The molecule has 52 valence electrons. The van der Waals surface area contributed by atoms with Crippen LogP contribution in [-0.2, 0) is 4.79 Å². The lowest BCUT2D eigenvalue weighted by Gasteiger charge is -2.00. The van der Waals surface area contributed by atoms with E-state index in [0.717, 1.165) is 0 Å². The van der Waals surface area contributed by atoms with Gasteiger partial charge in [0.15, 0.2) is 0 Å². The number of carbonyl (C=O) groups excluding carboxylic acids is 1. The maximum atomic E-state index is 9.93. The second-order valence-corrected chi connectivity index (χ2v) is 1.54. The third-order valence-corrected chi connectivity index (χ3v) is 0.806. The number of carbonyl (C=O) groups is 2. The molecule has 9 heavy (non-hydrogen) atoms. The summed E-state index contributed by atoms with van der Waals surface area (Å²) in [6, 6.07) is 0. The monoisotopic (exact) mass is 133 g/mol. The fraction of sp³-hybridized carbons (Fsp3) is 0.500. The normalized spacial score (nSPS) is 12.6. The van der Waals surface area contributed by atoms with Crippen molar-refractivity contribution in [3.8, 4) is 0 Å². The summed E-state index contributed by atoms with van der Waals surface area (Å²) >= 11 is 0. The van der Waals surface area contributed by atoms with E-state index >= 15 is 0 Å². The zero-order valence-corrected chi connectivity index (χ0v) is 4.83. The summed E-state index contributed by atoms with van der Waals surface area (Å²) in [5.74, 6) is 4.96. The number of hydrogen-bond donors (Lipinski definition) is 3. The number of aldehydes is 1. The van der Waals surface area contributed by atoms with Gasteiger partial charge in [0, 0.05) is 0 Å². The Kier molecular flexibility index (Phi) is 3.57. The van der Waals surface area contributed by atoms with Gasteiger partial charge in [-0.3, -0.25) is 0 Å². The van der Waals surface area contributed by atoms with Gasteiger partial charge in [0.2, 0.25) is 0 Å². The van der Waals surface area contributed by atoms with Crippen molar-refractivity contribution < 1.29 is 19.7 Å². The highest BCUT2D eigenvalue weighted by Crippen LogP contribution is 1.58. The Morgan fingerprint density at radius 3 is 2.67 bits per heavy atom. The largest absolute Gasteiger partial charge is 0.531 e. The third-order valence-electron chi connectivity index (χ3n) is 0.806. The molecule has 1 amide bonds. The molecule has 0 aliphatic carbocycles. The van der Waals surface area contributed by atoms with Gasteiger partial charge in [-0.25, -0.2) is 0 Å². The van der Waals surface area contributed by atoms with Crippen molar-refractivity contribution in [3.05, 3.63) is 0 Å². The van der Waals surface area contributed by atoms with E-state index in [1.807, 2.05) is 0 Å². The SMILES string of the molecule is N[NH+](CCC=O)C(=O)O. The number of rotatable bonds is 3. The molecular weight excluding hydrogens is 124 g/mol. The lowest BCUT2D eigenvalue weighted by molar-refractivity contribution is -0.835. The lowest BCUT2D eigenvalue weighted by atomic mass is 10.5. The van der Waals surface area contributed by atoms with E-state index in [4.69, 9.17) is 10.9 Å². The van der Waals surface area contributed by atoms with Crippen molar-refractivity contribution in [3.63, 3.8) is 0 Å². The molecule has 0 aromatic heterocycles. The molecule has 0 spiro atoms. The number of quaternary nitrogens is 1. The molecule has 0 saturated carbocycles. The van der Waals surface area contributed by atoms with Crippen LogP contribution in [-0.4, -0.2) is 24.0 Å². The highest BCUT2D eigenvalue weighted by molar-refractivity contribution is 5.54. The molecule has 0 aliphatic heterocycles. The van der Waals surface area contributed by atoms with Gasteiger partial charge in [-0.15, -0.1) is 0 Å². The minimum Gasteiger partial charge on any atom is -0.434 e. The first kappa shape index (κ1) is 8.06. The van der Waals surface area contributed by atoms with Gasteiger partial charge in [0.25, 0.3) is 0 Å². The molecule has 0 radical (unpaired) electrons. The molecule has 0 aromatic carbocycles. The zero-order valence-electron chi connectivity index (χ0n) is 4.83. The van der Waals surface area contributed by atoms with Crippen LogP contribution in [0.3, 0.4) is 0 Å². The second-order valence-electron chi connectivity index (χ2n) is 1.54. The van der Waals surface area contributed by atoms with Gasteiger partial charge in [-0.05, 0) is 0 Å². The van der Waals surface area contributed by atoms with Crippen LogP contribution in [0.25, 0.3) is 0 Å². The number of nitrogens with two attached hydrogens (primary N) is 1. The van der Waals surface area contributed by atoms with Crippen LogP contribution in [0.2, 0.25) is 0 Å². The average Bonchev–Trinajstić information content (AvgIpc) is 1.82. The molecule has 0 heterocycles. The van der Waals surface area contributed by atoms with Crippen molar-refractivity contribution in [2.75, 3.05) is 6.54 Å². The molecule has 5 heteroatoms. The molecule has 0 bridgehead atoms. The Bertz CT molecular complexity index is 114. The summed E-state index contributed by atoms with van der Waals surface area (Å²) in [5, 5.41) is 7.97. The molecule has 1 unspecified atom stereocenters. The first-order chi connectivity index (χ1) is 4.18. The van der Waals surface area contributed by atoms with Crippen LogP contribution < -0.4 is 10.9 Å². The van der Waals surface area contributed by atoms with Crippen molar-refractivity contribution in [2.24, 2.45) is 5.84 Å². The number of amides is 1. The first-order valence-corrected chi connectivity index (χ1v) is 2.46. The maximum Gasteiger partial charge on any atom is 0.531 e. The molecule has 0 saturated heterocycles. The summed E-state index contributed by atoms with van der Waals surface area (Å²) in [6.45, 7) is 0.138. The average molecular weight is 133 g/mol. The highest BCUT2D eigenvalue weighted by atomic mass is 16.4. The van der Waals surface area contributed by atoms with Crippen molar-refractivity contribution in [1.82, 2.24) is 0 Å². The van der Waals surface area contributed by atoms with Crippen molar-refractivity contribution in [1.29, 1.82) is 0 Å². The summed E-state index contributed by atoms with van der Waals surface area (Å²) in [5.41, 5.74) is 0. The molecule has 1 atom stereocenters. The van der Waals surface area contributed by atoms with Crippen LogP contribution in [0.15, 0.2) is 0 Å². The fourth-order valence-electron chi connectivity index (χ4n) is 0.321. The molecule has 0 aliphatic rings. The van der Waals surface area contributed by atoms with E-state index < -0.39 is 6.09 Å². The summed E-state index contributed by atoms with van der Waals surface area (Å²) in [6.07, 6.45) is -0.328. The lowest BCUT2D eigenvalue weighted by Crippen LogP contribution is -3.20. The van der Waals surface area contributed by atoms with Crippen molar-refractivity contribution in [2.45, 2.75) is 6.42 Å². The van der Waals surface area contributed by atoms with Crippen LogP contribution in [0.4, 0.5) is 4.79 Å².